The van der Waals surface area contributed by atoms with Gasteiger partial charge in [0.25, 0.3) is 0 Å². The van der Waals surface area contributed by atoms with Crippen molar-refractivity contribution in [3.8, 4) is 11.5 Å². The minimum Gasteiger partial charge on any atom is -0.493 e. The summed E-state index contributed by atoms with van der Waals surface area (Å²) >= 11 is 6.24. The molecule has 0 unspecified atom stereocenters. The lowest BCUT2D eigenvalue weighted by molar-refractivity contribution is 0.122. The summed E-state index contributed by atoms with van der Waals surface area (Å²) in [6.45, 7) is 0.360. The summed E-state index contributed by atoms with van der Waals surface area (Å²) in [5.41, 5.74) is 2.98. The molecule has 206 valence electrons. The highest BCUT2D eigenvalue weighted by Crippen LogP contribution is 2.31. The molecule has 0 fully saturated rings. The number of methoxy groups -OCH3 is 1. The number of halogens is 1. The average Bonchev–Trinajstić information content (AvgIpc) is 2.99. The Balaban J connectivity index is 1.47. The van der Waals surface area contributed by atoms with E-state index in [1.165, 1.54) is 7.11 Å². The van der Waals surface area contributed by atoms with Gasteiger partial charge < -0.3 is 18.9 Å². The van der Waals surface area contributed by atoms with E-state index in [0.717, 1.165) is 16.7 Å². The maximum atomic E-state index is 12.7. The third-order valence-electron chi connectivity index (χ3n) is 5.81. The van der Waals surface area contributed by atoms with Gasteiger partial charge in [0.05, 0.1) is 7.11 Å². The number of hydrogen-bond acceptors (Lipinski definition) is 6. The van der Waals surface area contributed by atoms with E-state index in [-0.39, 0.29) is 19.8 Å². The molecular formula is C31H29ClN2O6. The second-order valence-electron chi connectivity index (χ2n) is 8.64. The van der Waals surface area contributed by atoms with Crippen LogP contribution in [0.2, 0.25) is 5.02 Å². The van der Waals surface area contributed by atoms with Crippen molar-refractivity contribution in [3.05, 3.63) is 130 Å². The number of amides is 2. The predicted octanol–water partition coefficient (Wildman–Crippen LogP) is 6.78. The summed E-state index contributed by atoms with van der Waals surface area (Å²) < 4.78 is 22.2. The summed E-state index contributed by atoms with van der Waals surface area (Å²) in [6, 6.07) is 31.0. The van der Waals surface area contributed by atoms with Gasteiger partial charge in [-0.3, -0.25) is 10.6 Å². The third-order valence-corrected chi connectivity index (χ3v) is 6.18. The lowest BCUT2D eigenvalue weighted by Crippen LogP contribution is -2.41. The van der Waals surface area contributed by atoms with E-state index in [4.69, 9.17) is 30.5 Å². The number of carbonyl (C=O) groups is 2. The number of hydrogen-bond donors (Lipinski definition) is 2. The van der Waals surface area contributed by atoms with Crippen LogP contribution in [0.15, 0.2) is 103 Å². The topological polar surface area (TPSA) is 95.1 Å². The molecular weight excluding hydrogens is 532 g/mol. The van der Waals surface area contributed by atoms with Crippen LogP contribution in [0.25, 0.3) is 0 Å². The first-order valence-corrected chi connectivity index (χ1v) is 12.9. The zero-order chi connectivity index (χ0) is 28.2. The van der Waals surface area contributed by atoms with E-state index in [2.05, 4.69) is 10.6 Å². The van der Waals surface area contributed by atoms with Gasteiger partial charge in [0.15, 0.2) is 11.5 Å². The predicted molar refractivity (Wildman–Crippen MR) is 151 cm³/mol. The fourth-order valence-corrected chi connectivity index (χ4v) is 3.91. The third kappa shape index (κ3) is 8.41. The van der Waals surface area contributed by atoms with E-state index in [1.807, 2.05) is 78.9 Å². The molecule has 0 aliphatic carbocycles. The van der Waals surface area contributed by atoms with Crippen molar-refractivity contribution in [2.24, 2.45) is 0 Å². The van der Waals surface area contributed by atoms with Crippen molar-refractivity contribution >= 4 is 23.8 Å². The molecule has 0 heterocycles. The van der Waals surface area contributed by atoms with Crippen LogP contribution in [0, 0.1) is 0 Å². The maximum Gasteiger partial charge on any atom is 0.409 e. The fourth-order valence-electron chi connectivity index (χ4n) is 3.72. The fraction of sp³-hybridized carbons (Fsp3) is 0.161. The Labute approximate surface area is 237 Å². The standard InChI is InChI=1S/C31H29ClN2O6/c1-37-28-18-24(16-17-27(28)38-21-25-14-8-9-15-26(25)32)29(33-30(35)39-19-22-10-4-2-5-11-22)34-31(36)40-20-23-12-6-3-7-13-23/h2-18,29H,19-21H2,1H3,(H,33,35)(H,34,36). The molecule has 0 aromatic heterocycles. The van der Waals surface area contributed by atoms with Crippen LogP contribution in [-0.2, 0) is 29.3 Å². The molecule has 8 nitrogen and oxygen atoms in total. The first-order chi connectivity index (χ1) is 19.5. The number of alkyl carbamates (subject to hydrolysis) is 2. The lowest BCUT2D eigenvalue weighted by atomic mass is 10.1. The Morgan fingerprint density at radius 1 is 0.700 bits per heavy atom. The Kier molecular flexibility index (Phi) is 10.2. The molecule has 2 N–H and O–H groups in total. The minimum absolute atomic E-state index is 0.0655. The second kappa shape index (κ2) is 14.5. The van der Waals surface area contributed by atoms with Gasteiger partial charge in [0.1, 0.15) is 26.0 Å². The SMILES string of the molecule is COc1cc(C(NC(=O)OCc2ccccc2)NC(=O)OCc2ccccc2)ccc1OCc1ccccc1Cl. The van der Waals surface area contributed by atoms with Gasteiger partial charge in [-0.2, -0.15) is 0 Å². The number of nitrogens with one attached hydrogen (secondary N) is 2. The van der Waals surface area contributed by atoms with Crippen molar-refractivity contribution in [2.45, 2.75) is 26.0 Å². The Morgan fingerprint density at radius 2 is 1.25 bits per heavy atom. The van der Waals surface area contributed by atoms with Crippen LogP contribution < -0.4 is 20.1 Å². The molecule has 0 atom stereocenters. The van der Waals surface area contributed by atoms with Crippen LogP contribution in [0.5, 0.6) is 11.5 Å². The van der Waals surface area contributed by atoms with E-state index in [0.29, 0.717) is 22.1 Å². The van der Waals surface area contributed by atoms with Crippen LogP contribution in [0.1, 0.15) is 28.4 Å². The van der Waals surface area contributed by atoms with Crippen molar-refractivity contribution < 1.29 is 28.5 Å². The highest BCUT2D eigenvalue weighted by atomic mass is 35.5. The molecule has 4 aromatic rings. The Bertz CT molecular complexity index is 1340. The number of rotatable bonds is 11. The minimum atomic E-state index is -0.988. The van der Waals surface area contributed by atoms with E-state index in [9.17, 15) is 9.59 Å². The van der Waals surface area contributed by atoms with Crippen LogP contribution >= 0.6 is 11.6 Å². The van der Waals surface area contributed by atoms with Gasteiger partial charge in [0.2, 0.25) is 0 Å². The Hall–Kier alpha value is -4.69. The molecule has 0 bridgehead atoms. The molecule has 0 aliphatic heterocycles. The van der Waals surface area contributed by atoms with Crippen molar-refractivity contribution in [1.82, 2.24) is 10.6 Å². The van der Waals surface area contributed by atoms with Gasteiger partial charge in [-0.05, 0) is 34.9 Å². The van der Waals surface area contributed by atoms with E-state index in [1.54, 1.807) is 24.3 Å². The van der Waals surface area contributed by atoms with Gasteiger partial charge in [-0.25, -0.2) is 9.59 Å². The van der Waals surface area contributed by atoms with E-state index >= 15 is 0 Å². The lowest BCUT2D eigenvalue weighted by Gasteiger charge is -2.22. The van der Waals surface area contributed by atoms with Gasteiger partial charge in [-0.15, -0.1) is 0 Å². The smallest absolute Gasteiger partial charge is 0.409 e. The average molecular weight is 561 g/mol. The normalized spacial score (nSPS) is 10.5. The molecule has 0 saturated heterocycles. The van der Waals surface area contributed by atoms with E-state index < -0.39 is 18.4 Å². The zero-order valence-electron chi connectivity index (χ0n) is 21.8. The summed E-state index contributed by atoms with van der Waals surface area (Å²) in [6.07, 6.45) is -2.44. The molecule has 40 heavy (non-hydrogen) atoms. The van der Waals surface area contributed by atoms with Crippen LogP contribution in [0.3, 0.4) is 0 Å². The number of carbonyl (C=O) groups excluding carboxylic acids is 2. The van der Waals surface area contributed by atoms with Crippen molar-refractivity contribution in [1.29, 1.82) is 0 Å². The highest BCUT2D eigenvalue weighted by molar-refractivity contribution is 6.31. The van der Waals surface area contributed by atoms with Gasteiger partial charge in [0, 0.05) is 10.6 Å². The molecule has 9 heteroatoms. The number of ether oxygens (including phenoxy) is 4. The highest BCUT2D eigenvalue weighted by Gasteiger charge is 2.21. The molecule has 2 amide bonds. The second-order valence-corrected chi connectivity index (χ2v) is 9.04. The molecule has 4 aromatic carbocycles. The summed E-state index contributed by atoms with van der Waals surface area (Å²) in [7, 11) is 1.50. The molecule has 0 aliphatic rings. The first-order valence-electron chi connectivity index (χ1n) is 12.5. The first kappa shape index (κ1) is 28.3. The summed E-state index contributed by atoms with van der Waals surface area (Å²) in [5, 5.41) is 5.96. The molecule has 0 radical (unpaired) electrons. The maximum absolute atomic E-state index is 12.7. The molecule has 4 rings (SSSR count). The number of benzene rings is 4. The Morgan fingerprint density at radius 3 is 1.80 bits per heavy atom. The van der Waals surface area contributed by atoms with Crippen LogP contribution in [0.4, 0.5) is 9.59 Å². The zero-order valence-corrected chi connectivity index (χ0v) is 22.6. The van der Waals surface area contributed by atoms with Gasteiger partial charge >= 0.3 is 12.2 Å². The molecule has 0 spiro atoms. The van der Waals surface area contributed by atoms with Gasteiger partial charge in [-0.1, -0.05) is 96.5 Å². The largest absolute Gasteiger partial charge is 0.493 e. The summed E-state index contributed by atoms with van der Waals surface area (Å²) in [4.78, 5) is 25.4. The quantitative estimate of drug-likeness (QED) is 0.196. The summed E-state index contributed by atoms with van der Waals surface area (Å²) in [5.74, 6) is 0.858. The molecule has 0 saturated carbocycles. The van der Waals surface area contributed by atoms with Crippen LogP contribution in [-0.4, -0.2) is 19.3 Å². The van der Waals surface area contributed by atoms with Crippen molar-refractivity contribution in [2.75, 3.05) is 7.11 Å². The van der Waals surface area contributed by atoms with Crippen molar-refractivity contribution in [3.63, 3.8) is 0 Å². The monoisotopic (exact) mass is 560 g/mol.